The van der Waals surface area contributed by atoms with Crippen molar-refractivity contribution in [2.24, 2.45) is 0 Å². The summed E-state index contributed by atoms with van der Waals surface area (Å²) in [6.07, 6.45) is 0. The Morgan fingerprint density at radius 3 is 2.10 bits per heavy atom. The summed E-state index contributed by atoms with van der Waals surface area (Å²) in [4.78, 5) is 4.25. The zero-order valence-corrected chi connectivity index (χ0v) is 12.8. The molecule has 1 aliphatic rings. The van der Waals surface area contributed by atoms with E-state index in [0.29, 0.717) is 5.92 Å². The topological polar surface area (TPSA) is 7.68 Å². The Labute approximate surface area is 128 Å². The first-order valence-electron chi connectivity index (χ1n) is 8.01. The second-order valence-electron chi connectivity index (χ2n) is 6.09. The molecule has 1 N–H and O–H groups in total. The van der Waals surface area contributed by atoms with Gasteiger partial charge in [-0.05, 0) is 17.7 Å². The molecule has 0 aromatic heterocycles. The number of rotatable bonds is 4. The van der Waals surface area contributed by atoms with Crippen LogP contribution >= 0.6 is 0 Å². The molecular formula is C19H25N2+. The predicted octanol–water partition coefficient (Wildman–Crippen LogP) is 2.20. The molecule has 0 amide bonds. The molecule has 0 bridgehead atoms. The molecule has 3 rings (SSSR count). The van der Waals surface area contributed by atoms with Gasteiger partial charge in [-0.3, -0.25) is 0 Å². The maximum atomic E-state index is 2.51. The number of hydrogen-bond donors (Lipinski definition) is 1. The molecule has 0 unspecified atom stereocenters. The highest BCUT2D eigenvalue weighted by molar-refractivity contribution is 5.46. The molecule has 110 valence electrons. The lowest BCUT2D eigenvalue weighted by molar-refractivity contribution is -0.901. The first kappa shape index (κ1) is 14.2. The Morgan fingerprint density at radius 1 is 0.905 bits per heavy atom. The largest absolute Gasteiger partial charge is 0.360 e. The first-order valence-corrected chi connectivity index (χ1v) is 8.01. The highest BCUT2D eigenvalue weighted by atomic mass is 15.3. The van der Waals surface area contributed by atoms with Gasteiger partial charge < -0.3 is 9.80 Å². The van der Waals surface area contributed by atoms with Crippen molar-refractivity contribution in [1.29, 1.82) is 0 Å². The van der Waals surface area contributed by atoms with Crippen molar-refractivity contribution in [3.8, 4) is 0 Å². The van der Waals surface area contributed by atoms with Gasteiger partial charge in [-0.1, -0.05) is 55.5 Å². The second-order valence-corrected chi connectivity index (χ2v) is 6.09. The predicted molar refractivity (Wildman–Crippen MR) is 89.1 cm³/mol. The van der Waals surface area contributed by atoms with Crippen LogP contribution in [-0.4, -0.2) is 32.7 Å². The molecule has 1 atom stereocenters. The van der Waals surface area contributed by atoms with Gasteiger partial charge in [-0.15, -0.1) is 0 Å². The van der Waals surface area contributed by atoms with Gasteiger partial charge in [0.2, 0.25) is 0 Å². The Balaban J connectivity index is 1.52. The smallest absolute Gasteiger partial charge is 0.0949 e. The Kier molecular flexibility index (Phi) is 4.56. The fourth-order valence-electron chi connectivity index (χ4n) is 3.26. The number of anilines is 1. The molecule has 0 aliphatic carbocycles. The van der Waals surface area contributed by atoms with Crippen LogP contribution in [0.15, 0.2) is 60.7 Å². The standard InChI is InChI=1S/C19H24N2/c1-17(18-8-4-2-5-9-18)16-20-12-14-21(15-13-20)19-10-6-3-7-11-19/h2-11,17H,12-16H2,1H3/p+1/t17-/m0/s1. The first-order chi connectivity index (χ1) is 10.3. The van der Waals surface area contributed by atoms with E-state index < -0.39 is 0 Å². The van der Waals surface area contributed by atoms with Gasteiger partial charge in [0.15, 0.2) is 0 Å². The van der Waals surface area contributed by atoms with Crippen molar-refractivity contribution < 1.29 is 4.90 Å². The van der Waals surface area contributed by atoms with E-state index in [9.17, 15) is 0 Å². The molecule has 1 aliphatic heterocycles. The zero-order chi connectivity index (χ0) is 14.5. The summed E-state index contributed by atoms with van der Waals surface area (Å²) >= 11 is 0. The Morgan fingerprint density at radius 2 is 1.48 bits per heavy atom. The van der Waals surface area contributed by atoms with Crippen molar-refractivity contribution in [3.63, 3.8) is 0 Å². The van der Waals surface area contributed by atoms with E-state index >= 15 is 0 Å². The Bertz CT molecular complexity index is 530. The molecule has 21 heavy (non-hydrogen) atoms. The summed E-state index contributed by atoms with van der Waals surface area (Å²) in [6.45, 7) is 8.42. The minimum atomic E-state index is 0.643. The lowest BCUT2D eigenvalue weighted by Crippen LogP contribution is -3.15. The maximum absolute atomic E-state index is 2.51. The molecule has 1 fully saturated rings. The van der Waals surface area contributed by atoms with E-state index in [1.165, 1.54) is 44.0 Å². The van der Waals surface area contributed by atoms with E-state index in [1.54, 1.807) is 4.90 Å². The van der Waals surface area contributed by atoms with Crippen molar-refractivity contribution >= 4 is 5.69 Å². The van der Waals surface area contributed by atoms with Gasteiger partial charge in [0.25, 0.3) is 0 Å². The van der Waals surface area contributed by atoms with Crippen LogP contribution in [0.25, 0.3) is 0 Å². The van der Waals surface area contributed by atoms with Crippen LogP contribution in [0.4, 0.5) is 5.69 Å². The minimum absolute atomic E-state index is 0.643. The summed E-state index contributed by atoms with van der Waals surface area (Å²) in [5.74, 6) is 0.643. The van der Waals surface area contributed by atoms with Crippen molar-refractivity contribution in [2.75, 3.05) is 37.6 Å². The van der Waals surface area contributed by atoms with Crippen LogP contribution in [0.2, 0.25) is 0 Å². The molecular weight excluding hydrogens is 256 g/mol. The number of hydrogen-bond acceptors (Lipinski definition) is 1. The second kappa shape index (κ2) is 6.77. The van der Waals surface area contributed by atoms with Gasteiger partial charge >= 0.3 is 0 Å². The summed E-state index contributed by atoms with van der Waals surface area (Å²) in [5.41, 5.74) is 2.84. The summed E-state index contributed by atoms with van der Waals surface area (Å²) in [7, 11) is 0. The van der Waals surface area contributed by atoms with E-state index in [0.717, 1.165) is 0 Å². The average Bonchev–Trinajstić information content (AvgIpc) is 2.57. The third-order valence-electron chi connectivity index (χ3n) is 4.56. The Hall–Kier alpha value is -1.80. The SMILES string of the molecule is C[C@@H](C[NH+]1CCN(c2ccccc2)CC1)c1ccccc1. The molecule has 0 spiro atoms. The molecule has 2 heteroatoms. The fraction of sp³-hybridized carbons (Fsp3) is 0.368. The molecule has 2 aromatic carbocycles. The molecule has 1 saturated heterocycles. The number of quaternary nitrogens is 1. The molecule has 2 nitrogen and oxygen atoms in total. The number of piperazine rings is 1. The third-order valence-corrected chi connectivity index (χ3v) is 4.56. The molecule has 2 aromatic rings. The van der Waals surface area contributed by atoms with Crippen LogP contribution in [0.3, 0.4) is 0 Å². The van der Waals surface area contributed by atoms with E-state index in [4.69, 9.17) is 0 Å². The number of benzene rings is 2. The van der Waals surface area contributed by atoms with Gasteiger partial charge in [-0.25, -0.2) is 0 Å². The van der Waals surface area contributed by atoms with Gasteiger partial charge in [-0.2, -0.15) is 0 Å². The molecule has 1 heterocycles. The fourth-order valence-corrected chi connectivity index (χ4v) is 3.26. The quantitative estimate of drug-likeness (QED) is 0.903. The number of nitrogens with zero attached hydrogens (tertiary/aromatic N) is 1. The summed E-state index contributed by atoms with van der Waals surface area (Å²) in [5, 5.41) is 0. The summed E-state index contributed by atoms with van der Waals surface area (Å²) in [6, 6.07) is 21.7. The normalized spacial score (nSPS) is 17.7. The van der Waals surface area contributed by atoms with Crippen LogP contribution in [0.1, 0.15) is 18.4 Å². The highest BCUT2D eigenvalue weighted by Gasteiger charge is 2.22. The van der Waals surface area contributed by atoms with E-state index in [1.807, 2.05) is 0 Å². The van der Waals surface area contributed by atoms with Gasteiger partial charge in [0.1, 0.15) is 0 Å². The van der Waals surface area contributed by atoms with Gasteiger partial charge in [0, 0.05) is 11.6 Å². The van der Waals surface area contributed by atoms with Crippen LogP contribution in [0, 0.1) is 0 Å². The van der Waals surface area contributed by atoms with Crippen molar-refractivity contribution in [1.82, 2.24) is 0 Å². The maximum Gasteiger partial charge on any atom is 0.0949 e. The van der Waals surface area contributed by atoms with E-state index in [2.05, 4.69) is 72.5 Å². The molecule has 0 saturated carbocycles. The van der Waals surface area contributed by atoms with Crippen LogP contribution in [-0.2, 0) is 0 Å². The number of nitrogens with one attached hydrogen (secondary N) is 1. The third kappa shape index (κ3) is 3.64. The highest BCUT2D eigenvalue weighted by Crippen LogP contribution is 2.14. The average molecular weight is 281 g/mol. The lowest BCUT2D eigenvalue weighted by atomic mass is 10.0. The summed E-state index contributed by atoms with van der Waals surface area (Å²) < 4.78 is 0. The van der Waals surface area contributed by atoms with Crippen LogP contribution < -0.4 is 9.80 Å². The van der Waals surface area contributed by atoms with Gasteiger partial charge in [0.05, 0.1) is 32.7 Å². The zero-order valence-electron chi connectivity index (χ0n) is 12.8. The monoisotopic (exact) mass is 281 g/mol. The minimum Gasteiger partial charge on any atom is -0.360 e. The van der Waals surface area contributed by atoms with E-state index in [-0.39, 0.29) is 0 Å². The van der Waals surface area contributed by atoms with Crippen molar-refractivity contribution in [2.45, 2.75) is 12.8 Å². The lowest BCUT2D eigenvalue weighted by Gasteiger charge is -2.34. The van der Waals surface area contributed by atoms with Crippen molar-refractivity contribution in [3.05, 3.63) is 66.2 Å². The molecule has 0 radical (unpaired) electrons. The van der Waals surface area contributed by atoms with Crippen LogP contribution in [0.5, 0.6) is 0 Å². The number of para-hydroxylation sites is 1.